The molecule has 1 amide bonds. The zero-order chi connectivity index (χ0) is 13.0. The fourth-order valence-electron chi connectivity index (χ4n) is 1.50. The number of hydrogen-bond donors (Lipinski definition) is 3. The van der Waals surface area contributed by atoms with Gasteiger partial charge in [0.15, 0.2) is 0 Å². The van der Waals surface area contributed by atoms with Gasteiger partial charge in [0.05, 0.1) is 17.4 Å². The molecule has 18 heavy (non-hydrogen) atoms. The van der Waals surface area contributed by atoms with E-state index < -0.39 is 0 Å². The molecule has 4 N–H and O–H groups in total. The number of carbonyl (C=O) groups excluding carboxylic acids is 1. The standard InChI is InChI=1S/C12H13N5O/c1-8-3-2-4-11(15-8)16-12(18)9-5-6-14-7-10(9)17-13/h2-7,17H,13H2,1H3,(H,15,16,18). The predicted molar refractivity (Wildman–Crippen MR) is 69.0 cm³/mol. The molecule has 92 valence electrons. The Morgan fingerprint density at radius 2 is 2.17 bits per heavy atom. The van der Waals surface area contributed by atoms with E-state index in [0.29, 0.717) is 17.1 Å². The van der Waals surface area contributed by atoms with E-state index in [1.54, 1.807) is 12.1 Å². The van der Waals surface area contributed by atoms with Gasteiger partial charge in [0.25, 0.3) is 5.91 Å². The number of nitrogen functional groups attached to an aromatic ring is 1. The topological polar surface area (TPSA) is 92.9 Å². The molecule has 2 aromatic heterocycles. The van der Waals surface area contributed by atoms with Crippen LogP contribution in [0, 0.1) is 6.92 Å². The van der Waals surface area contributed by atoms with E-state index >= 15 is 0 Å². The molecule has 0 spiro atoms. The van der Waals surface area contributed by atoms with Crippen molar-refractivity contribution in [3.8, 4) is 0 Å². The first kappa shape index (κ1) is 12.0. The maximum absolute atomic E-state index is 12.0. The van der Waals surface area contributed by atoms with Crippen molar-refractivity contribution in [3.63, 3.8) is 0 Å². The summed E-state index contributed by atoms with van der Waals surface area (Å²) < 4.78 is 0. The number of amides is 1. The fraction of sp³-hybridized carbons (Fsp3) is 0.0833. The van der Waals surface area contributed by atoms with Crippen LogP contribution in [-0.2, 0) is 0 Å². The van der Waals surface area contributed by atoms with E-state index in [1.807, 2.05) is 19.1 Å². The highest BCUT2D eigenvalue weighted by Gasteiger charge is 2.11. The Hall–Kier alpha value is -2.47. The summed E-state index contributed by atoms with van der Waals surface area (Å²) in [5, 5.41) is 2.70. The lowest BCUT2D eigenvalue weighted by Crippen LogP contribution is -2.18. The minimum atomic E-state index is -0.288. The molecule has 0 aliphatic heterocycles. The molecular weight excluding hydrogens is 230 g/mol. The summed E-state index contributed by atoms with van der Waals surface area (Å²) in [5.74, 6) is 5.53. The van der Waals surface area contributed by atoms with Crippen LogP contribution in [0.2, 0.25) is 0 Å². The molecule has 2 aromatic rings. The minimum absolute atomic E-state index is 0.288. The van der Waals surface area contributed by atoms with Crippen molar-refractivity contribution >= 4 is 17.4 Å². The van der Waals surface area contributed by atoms with E-state index in [2.05, 4.69) is 20.7 Å². The third-order valence-electron chi connectivity index (χ3n) is 2.35. The third kappa shape index (κ3) is 2.61. The number of anilines is 2. The Morgan fingerprint density at radius 3 is 2.89 bits per heavy atom. The molecule has 0 saturated heterocycles. The summed E-state index contributed by atoms with van der Waals surface area (Å²) >= 11 is 0. The largest absolute Gasteiger partial charge is 0.322 e. The Balaban J connectivity index is 2.22. The molecule has 6 heteroatoms. The summed E-state index contributed by atoms with van der Waals surface area (Å²) in [5.41, 5.74) is 4.14. The number of carbonyl (C=O) groups is 1. The second-order valence-electron chi connectivity index (χ2n) is 3.68. The molecule has 0 bridgehead atoms. The Morgan fingerprint density at radius 1 is 1.33 bits per heavy atom. The van der Waals surface area contributed by atoms with Gasteiger partial charge in [-0.2, -0.15) is 0 Å². The van der Waals surface area contributed by atoms with Crippen LogP contribution in [-0.4, -0.2) is 15.9 Å². The lowest BCUT2D eigenvalue weighted by atomic mass is 10.2. The highest BCUT2D eigenvalue weighted by atomic mass is 16.1. The van der Waals surface area contributed by atoms with Crippen molar-refractivity contribution in [1.29, 1.82) is 0 Å². The first-order valence-electron chi connectivity index (χ1n) is 5.36. The summed E-state index contributed by atoms with van der Waals surface area (Å²) in [6.07, 6.45) is 3.01. The average Bonchev–Trinajstić information content (AvgIpc) is 2.38. The van der Waals surface area contributed by atoms with Crippen molar-refractivity contribution in [3.05, 3.63) is 47.9 Å². The molecule has 0 fully saturated rings. The van der Waals surface area contributed by atoms with Crippen LogP contribution >= 0.6 is 0 Å². The van der Waals surface area contributed by atoms with Gasteiger partial charge in [-0.25, -0.2) is 4.98 Å². The summed E-state index contributed by atoms with van der Waals surface area (Å²) in [6, 6.07) is 6.99. The number of rotatable bonds is 3. The highest BCUT2D eigenvalue weighted by molar-refractivity contribution is 6.07. The molecule has 2 rings (SSSR count). The molecule has 0 aromatic carbocycles. The molecule has 0 saturated carbocycles. The number of nitrogens with zero attached hydrogens (tertiary/aromatic N) is 2. The van der Waals surface area contributed by atoms with Crippen molar-refractivity contribution in [2.45, 2.75) is 6.92 Å². The van der Waals surface area contributed by atoms with E-state index in [9.17, 15) is 4.79 Å². The van der Waals surface area contributed by atoms with E-state index in [1.165, 1.54) is 12.4 Å². The van der Waals surface area contributed by atoms with Gasteiger partial charge in [0.1, 0.15) is 5.82 Å². The van der Waals surface area contributed by atoms with Crippen molar-refractivity contribution in [1.82, 2.24) is 9.97 Å². The molecule has 6 nitrogen and oxygen atoms in total. The molecule has 0 aliphatic carbocycles. The highest BCUT2D eigenvalue weighted by Crippen LogP contribution is 2.14. The summed E-state index contributed by atoms with van der Waals surface area (Å²) in [4.78, 5) is 20.1. The zero-order valence-electron chi connectivity index (χ0n) is 9.84. The number of pyridine rings is 2. The van der Waals surface area contributed by atoms with Gasteiger partial charge in [-0.1, -0.05) is 6.07 Å². The lowest BCUT2D eigenvalue weighted by molar-refractivity contribution is 0.102. The number of nitrogens with one attached hydrogen (secondary N) is 2. The maximum atomic E-state index is 12.0. The van der Waals surface area contributed by atoms with Crippen molar-refractivity contribution in [2.75, 3.05) is 10.7 Å². The van der Waals surface area contributed by atoms with Gasteiger partial charge < -0.3 is 10.7 Å². The number of nitrogens with two attached hydrogens (primary N) is 1. The minimum Gasteiger partial charge on any atom is -0.322 e. The van der Waals surface area contributed by atoms with Gasteiger partial charge in [-0.3, -0.25) is 15.6 Å². The van der Waals surface area contributed by atoms with Crippen molar-refractivity contribution in [2.24, 2.45) is 5.84 Å². The van der Waals surface area contributed by atoms with Gasteiger partial charge >= 0.3 is 0 Å². The number of aromatic nitrogens is 2. The first-order chi connectivity index (χ1) is 8.70. The molecular formula is C12H13N5O. The van der Waals surface area contributed by atoms with Crippen LogP contribution in [0.4, 0.5) is 11.5 Å². The summed E-state index contributed by atoms with van der Waals surface area (Å²) in [6.45, 7) is 1.86. The van der Waals surface area contributed by atoms with Gasteiger partial charge in [-0.15, -0.1) is 0 Å². The summed E-state index contributed by atoms with van der Waals surface area (Å²) in [7, 11) is 0. The Bertz CT molecular complexity index is 570. The predicted octanol–water partition coefficient (Wildman–Crippen LogP) is 1.32. The quantitative estimate of drug-likeness (QED) is 0.558. The van der Waals surface area contributed by atoms with Gasteiger partial charge in [-0.05, 0) is 25.1 Å². The Labute approximate surface area is 104 Å². The lowest BCUT2D eigenvalue weighted by Gasteiger charge is -2.08. The maximum Gasteiger partial charge on any atom is 0.259 e. The number of hydrazine groups is 1. The normalized spacial score (nSPS) is 9.89. The van der Waals surface area contributed by atoms with Crippen LogP contribution in [0.25, 0.3) is 0 Å². The first-order valence-corrected chi connectivity index (χ1v) is 5.36. The van der Waals surface area contributed by atoms with Crippen LogP contribution in [0.3, 0.4) is 0 Å². The number of hydrogen-bond acceptors (Lipinski definition) is 5. The fourth-order valence-corrected chi connectivity index (χ4v) is 1.50. The second kappa shape index (κ2) is 5.24. The van der Waals surface area contributed by atoms with Crippen LogP contribution in [0.1, 0.15) is 16.1 Å². The molecule has 2 heterocycles. The smallest absolute Gasteiger partial charge is 0.259 e. The van der Waals surface area contributed by atoms with E-state index in [-0.39, 0.29) is 5.91 Å². The molecule has 0 unspecified atom stereocenters. The third-order valence-corrected chi connectivity index (χ3v) is 2.35. The number of aryl methyl sites for hydroxylation is 1. The Kier molecular flexibility index (Phi) is 3.49. The van der Waals surface area contributed by atoms with Crippen LogP contribution < -0.4 is 16.6 Å². The van der Waals surface area contributed by atoms with Gasteiger partial charge in [0, 0.05) is 11.9 Å². The second-order valence-corrected chi connectivity index (χ2v) is 3.68. The molecule has 0 atom stereocenters. The average molecular weight is 243 g/mol. The SMILES string of the molecule is Cc1cccc(NC(=O)c2ccncc2NN)n1. The zero-order valence-corrected chi connectivity index (χ0v) is 9.84. The van der Waals surface area contributed by atoms with Crippen LogP contribution in [0.15, 0.2) is 36.7 Å². The van der Waals surface area contributed by atoms with E-state index in [4.69, 9.17) is 5.84 Å². The van der Waals surface area contributed by atoms with Gasteiger partial charge in [0.2, 0.25) is 0 Å². The van der Waals surface area contributed by atoms with Crippen LogP contribution in [0.5, 0.6) is 0 Å². The monoisotopic (exact) mass is 243 g/mol. The molecule has 0 aliphatic rings. The van der Waals surface area contributed by atoms with Crippen molar-refractivity contribution < 1.29 is 4.79 Å². The molecule has 0 radical (unpaired) electrons. The van der Waals surface area contributed by atoms with E-state index in [0.717, 1.165) is 5.69 Å².